The summed E-state index contributed by atoms with van der Waals surface area (Å²) in [5.41, 5.74) is 5.50. The van der Waals surface area contributed by atoms with Crippen LogP contribution in [-0.2, 0) is 0 Å². The van der Waals surface area contributed by atoms with Gasteiger partial charge in [-0.2, -0.15) is 0 Å². The van der Waals surface area contributed by atoms with Gasteiger partial charge >= 0.3 is 0 Å². The number of hydrogen-bond donors (Lipinski definition) is 1. The van der Waals surface area contributed by atoms with Crippen LogP contribution in [0.4, 0.5) is 5.13 Å². The summed E-state index contributed by atoms with van der Waals surface area (Å²) in [6.07, 6.45) is 1.80. The van der Waals surface area contributed by atoms with Gasteiger partial charge in [0.25, 0.3) is 0 Å². The molecule has 1 aliphatic rings. The molecule has 0 saturated carbocycles. The molecule has 0 aliphatic carbocycles. The van der Waals surface area contributed by atoms with Gasteiger partial charge in [-0.1, -0.05) is 34.9 Å². The number of anilines is 1. The summed E-state index contributed by atoms with van der Waals surface area (Å²) in [4.78, 5) is 8.29. The maximum Gasteiger partial charge on any atom is 0.181 e. The van der Waals surface area contributed by atoms with Crippen molar-refractivity contribution in [2.75, 3.05) is 18.0 Å². The van der Waals surface area contributed by atoms with E-state index in [2.05, 4.69) is 9.98 Å². The Morgan fingerprint density at radius 3 is 3.08 bits per heavy atom. The van der Waals surface area contributed by atoms with E-state index in [0.717, 1.165) is 20.9 Å². The lowest BCUT2D eigenvalue weighted by atomic mass is 10.8. The molecule has 0 radical (unpaired) electrons. The van der Waals surface area contributed by atoms with Crippen molar-refractivity contribution >= 4 is 44.4 Å². The molecule has 2 N–H and O–H groups in total. The van der Waals surface area contributed by atoms with Gasteiger partial charge in [-0.3, -0.25) is 4.99 Å². The van der Waals surface area contributed by atoms with Crippen LogP contribution in [0.25, 0.3) is 0 Å². The van der Waals surface area contributed by atoms with Crippen molar-refractivity contribution < 1.29 is 0 Å². The maximum absolute atomic E-state index is 5.50. The summed E-state index contributed by atoms with van der Waals surface area (Å²) in [6.45, 7) is 0.946. The first-order chi connectivity index (χ1) is 5.84. The number of thiazole rings is 1. The van der Waals surface area contributed by atoms with E-state index < -0.39 is 0 Å². The number of nitrogen functional groups attached to an aromatic ring is 1. The van der Waals surface area contributed by atoms with Gasteiger partial charge in [0.2, 0.25) is 0 Å². The van der Waals surface area contributed by atoms with Crippen LogP contribution in [-0.4, -0.2) is 21.7 Å². The zero-order valence-corrected chi connectivity index (χ0v) is 8.64. The maximum atomic E-state index is 5.50. The quantitative estimate of drug-likeness (QED) is 0.781. The van der Waals surface area contributed by atoms with Gasteiger partial charge in [0.15, 0.2) is 5.13 Å². The van der Waals surface area contributed by atoms with Crippen LogP contribution in [0.5, 0.6) is 0 Å². The fourth-order valence-corrected chi connectivity index (χ4v) is 3.75. The van der Waals surface area contributed by atoms with Crippen molar-refractivity contribution in [3.05, 3.63) is 6.20 Å². The standard InChI is InChI=1S/C6H7N3S3/c7-5-9-3-4(11-5)12-6-8-1-2-10-6/h3H,1-2H2,(H2,7,9). The summed E-state index contributed by atoms with van der Waals surface area (Å²) in [7, 11) is 0. The lowest BCUT2D eigenvalue weighted by Gasteiger charge is -1.92. The molecular formula is C6H7N3S3. The van der Waals surface area contributed by atoms with Crippen molar-refractivity contribution in [3.8, 4) is 0 Å². The number of aromatic nitrogens is 1. The summed E-state index contributed by atoms with van der Waals surface area (Å²) >= 11 is 4.97. The number of nitrogens with zero attached hydrogens (tertiary/aromatic N) is 2. The number of aliphatic imine (C=N–C) groups is 1. The highest BCUT2D eigenvalue weighted by molar-refractivity contribution is 8.39. The monoisotopic (exact) mass is 217 g/mol. The Kier molecular flexibility index (Phi) is 2.57. The second-order valence-corrected chi connectivity index (χ2v) is 5.81. The van der Waals surface area contributed by atoms with E-state index in [4.69, 9.17) is 5.73 Å². The zero-order valence-electron chi connectivity index (χ0n) is 6.19. The molecule has 0 spiro atoms. The first kappa shape index (κ1) is 8.40. The number of thioether (sulfide) groups is 2. The Hall–Kier alpha value is -0.200. The van der Waals surface area contributed by atoms with Gasteiger partial charge in [-0.05, 0) is 0 Å². The van der Waals surface area contributed by atoms with Crippen LogP contribution in [0.15, 0.2) is 15.4 Å². The van der Waals surface area contributed by atoms with Crippen LogP contribution < -0.4 is 5.73 Å². The molecule has 1 aliphatic heterocycles. The van der Waals surface area contributed by atoms with E-state index >= 15 is 0 Å². The molecule has 12 heavy (non-hydrogen) atoms. The molecular weight excluding hydrogens is 210 g/mol. The molecule has 2 rings (SSSR count). The molecule has 0 aromatic carbocycles. The van der Waals surface area contributed by atoms with Crippen LogP contribution in [0.1, 0.15) is 0 Å². The largest absolute Gasteiger partial charge is 0.375 e. The Labute approximate surface area is 82.9 Å². The first-order valence-electron chi connectivity index (χ1n) is 3.41. The third-order valence-corrected chi connectivity index (χ3v) is 4.35. The minimum absolute atomic E-state index is 0.626. The second kappa shape index (κ2) is 3.68. The topological polar surface area (TPSA) is 51.3 Å². The van der Waals surface area contributed by atoms with E-state index in [0.29, 0.717) is 5.13 Å². The van der Waals surface area contributed by atoms with Crippen molar-refractivity contribution in [1.29, 1.82) is 0 Å². The Morgan fingerprint density at radius 1 is 1.58 bits per heavy atom. The smallest absolute Gasteiger partial charge is 0.181 e. The number of rotatable bonds is 1. The molecule has 64 valence electrons. The number of hydrogen-bond acceptors (Lipinski definition) is 6. The molecule has 1 aromatic rings. The van der Waals surface area contributed by atoms with E-state index in [1.54, 1.807) is 29.7 Å². The molecule has 0 atom stereocenters. The summed E-state index contributed by atoms with van der Waals surface area (Å²) in [6, 6.07) is 0. The normalized spacial score (nSPS) is 16.5. The lowest BCUT2D eigenvalue weighted by molar-refractivity contribution is 1.18. The molecule has 0 bridgehead atoms. The molecule has 0 fully saturated rings. The van der Waals surface area contributed by atoms with Crippen molar-refractivity contribution in [2.45, 2.75) is 4.21 Å². The summed E-state index contributed by atoms with van der Waals surface area (Å²) in [5.74, 6) is 1.11. The van der Waals surface area contributed by atoms with Gasteiger partial charge in [-0.15, -0.1) is 0 Å². The molecule has 0 unspecified atom stereocenters. The Balaban J connectivity index is 2.03. The van der Waals surface area contributed by atoms with Crippen molar-refractivity contribution in [3.63, 3.8) is 0 Å². The molecule has 6 heteroatoms. The van der Waals surface area contributed by atoms with Gasteiger partial charge in [0.05, 0.1) is 17.0 Å². The minimum atomic E-state index is 0.626. The van der Waals surface area contributed by atoms with Gasteiger partial charge in [0.1, 0.15) is 4.38 Å². The van der Waals surface area contributed by atoms with E-state index in [1.165, 1.54) is 11.3 Å². The highest BCUT2D eigenvalue weighted by Gasteiger charge is 2.10. The Morgan fingerprint density at radius 2 is 2.50 bits per heavy atom. The van der Waals surface area contributed by atoms with Crippen molar-refractivity contribution in [1.82, 2.24) is 4.98 Å². The third kappa shape index (κ3) is 1.94. The van der Waals surface area contributed by atoms with Crippen LogP contribution >= 0.6 is 34.9 Å². The zero-order chi connectivity index (χ0) is 8.39. The number of nitrogens with two attached hydrogens (primary N) is 1. The lowest BCUT2D eigenvalue weighted by Crippen LogP contribution is -1.77. The van der Waals surface area contributed by atoms with Crippen molar-refractivity contribution in [2.24, 2.45) is 4.99 Å². The highest BCUT2D eigenvalue weighted by atomic mass is 32.2. The van der Waals surface area contributed by atoms with Crippen LogP contribution in [0.2, 0.25) is 0 Å². The average molecular weight is 217 g/mol. The Bertz CT molecular complexity index is 307. The SMILES string of the molecule is Nc1ncc(SC2=NCCS2)s1. The predicted molar refractivity (Wildman–Crippen MR) is 57.1 cm³/mol. The molecule has 0 amide bonds. The minimum Gasteiger partial charge on any atom is -0.375 e. The van der Waals surface area contributed by atoms with E-state index in [-0.39, 0.29) is 0 Å². The highest BCUT2D eigenvalue weighted by Crippen LogP contribution is 2.33. The summed E-state index contributed by atoms with van der Waals surface area (Å²) in [5, 5.41) is 0.626. The van der Waals surface area contributed by atoms with Crippen LogP contribution in [0.3, 0.4) is 0 Å². The summed E-state index contributed by atoms with van der Waals surface area (Å²) < 4.78 is 2.26. The first-order valence-corrected chi connectivity index (χ1v) is 6.03. The fourth-order valence-electron chi connectivity index (χ4n) is 0.783. The molecule has 1 aromatic heterocycles. The fraction of sp³-hybridized carbons (Fsp3) is 0.333. The molecule has 3 nitrogen and oxygen atoms in total. The van der Waals surface area contributed by atoms with E-state index in [9.17, 15) is 0 Å². The van der Waals surface area contributed by atoms with Gasteiger partial charge in [-0.25, -0.2) is 4.98 Å². The second-order valence-electron chi connectivity index (χ2n) is 2.12. The molecule has 0 saturated heterocycles. The molecule has 2 heterocycles. The van der Waals surface area contributed by atoms with Gasteiger partial charge < -0.3 is 5.73 Å². The average Bonchev–Trinajstić information content (AvgIpc) is 2.63. The third-order valence-electron chi connectivity index (χ3n) is 1.25. The van der Waals surface area contributed by atoms with Crippen LogP contribution in [0, 0.1) is 0 Å². The predicted octanol–water partition coefficient (Wildman–Crippen LogP) is 1.92. The van der Waals surface area contributed by atoms with E-state index in [1.807, 2.05) is 0 Å². The van der Waals surface area contributed by atoms with Gasteiger partial charge in [0, 0.05) is 5.75 Å².